The molecule has 0 atom stereocenters. The number of hydrogen-bond acceptors (Lipinski definition) is 8. The zero-order valence-electron chi connectivity index (χ0n) is 16.1. The summed E-state index contributed by atoms with van der Waals surface area (Å²) in [6.45, 7) is 0. The van der Waals surface area contributed by atoms with E-state index >= 15 is 0 Å². The predicted molar refractivity (Wildman–Crippen MR) is 114 cm³/mol. The average Bonchev–Trinajstić information content (AvgIpc) is 2.66. The Kier molecular flexibility index (Phi) is 6.18. The molecule has 0 spiro atoms. The van der Waals surface area contributed by atoms with E-state index in [-0.39, 0.29) is 0 Å². The molecule has 0 radical (unpaired) electrons. The van der Waals surface area contributed by atoms with Gasteiger partial charge in [0, 0.05) is 23.2 Å². The first kappa shape index (κ1) is 21.5. The Hall–Kier alpha value is -3.24. The summed E-state index contributed by atoms with van der Waals surface area (Å²) in [6.07, 6.45) is 5.39. The van der Waals surface area contributed by atoms with E-state index in [0.29, 0.717) is 11.5 Å². The molecule has 4 aromatic rings. The molecule has 0 unspecified atom stereocenters. The van der Waals surface area contributed by atoms with Gasteiger partial charge in [-0.05, 0) is 48.5 Å². The van der Waals surface area contributed by atoms with Crippen molar-refractivity contribution in [2.75, 3.05) is 12.5 Å². The SMILES string of the molecule is CS(=O)(=O)Oc1ccc2ncccc2c1.CS(=O)(=O)Oc1ccc2ncccc2c1. The molecule has 0 aliphatic heterocycles. The van der Waals surface area contributed by atoms with Gasteiger partial charge in [0.1, 0.15) is 11.5 Å². The third kappa shape index (κ3) is 6.39. The van der Waals surface area contributed by atoms with Gasteiger partial charge in [-0.15, -0.1) is 0 Å². The van der Waals surface area contributed by atoms with Crippen LogP contribution in [-0.4, -0.2) is 39.3 Å². The first-order valence-electron chi connectivity index (χ1n) is 8.58. The minimum Gasteiger partial charge on any atom is -0.383 e. The first-order chi connectivity index (χ1) is 14.1. The Balaban J connectivity index is 0.000000171. The maximum absolute atomic E-state index is 10.9. The third-order valence-electron chi connectivity index (χ3n) is 3.64. The van der Waals surface area contributed by atoms with E-state index < -0.39 is 20.2 Å². The summed E-state index contributed by atoms with van der Waals surface area (Å²) in [7, 11) is -6.93. The molecule has 156 valence electrons. The zero-order valence-corrected chi connectivity index (χ0v) is 17.7. The Morgan fingerprint density at radius 1 is 0.633 bits per heavy atom. The fraction of sp³-hybridized carbons (Fsp3) is 0.100. The van der Waals surface area contributed by atoms with Crippen LogP contribution in [0, 0.1) is 0 Å². The van der Waals surface area contributed by atoms with Crippen LogP contribution >= 0.6 is 0 Å². The second-order valence-corrected chi connectivity index (χ2v) is 9.44. The molecule has 0 N–H and O–H groups in total. The van der Waals surface area contributed by atoms with E-state index in [0.717, 1.165) is 34.3 Å². The lowest BCUT2D eigenvalue weighted by Gasteiger charge is -2.03. The van der Waals surface area contributed by atoms with Crippen LogP contribution in [0.5, 0.6) is 11.5 Å². The Bertz CT molecular complexity index is 1290. The van der Waals surface area contributed by atoms with Crippen molar-refractivity contribution in [3.63, 3.8) is 0 Å². The van der Waals surface area contributed by atoms with Gasteiger partial charge in [0.15, 0.2) is 0 Å². The molecular weight excluding hydrogens is 428 g/mol. The summed E-state index contributed by atoms with van der Waals surface area (Å²) < 4.78 is 53.1. The molecule has 4 rings (SSSR count). The topological polar surface area (TPSA) is 113 Å². The van der Waals surface area contributed by atoms with E-state index in [9.17, 15) is 16.8 Å². The second kappa shape index (κ2) is 8.64. The summed E-state index contributed by atoms with van der Waals surface area (Å²) >= 11 is 0. The van der Waals surface area contributed by atoms with Gasteiger partial charge < -0.3 is 8.37 Å². The predicted octanol–water partition coefficient (Wildman–Crippen LogP) is 3.15. The fourth-order valence-corrected chi connectivity index (χ4v) is 3.47. The van der Waals surface area contributed by atoms with E-state index in [1.54, 1.807) is 60.9 Å². The Labute approximate surface area is 174 Å². The molecule has 8 nitrogen and oxygen atoms in total. The van der Waals surface area contributed by atoms with Gasteiger partial charge in [0.25, 0.3) is 0 Å². The van der Waals surface area contributed by atoms with Gasteiger partial charge in [0.2, 0.25) is 0 Å². The molecule has 0 saturated carbocycles. The maximum atomic E-state index is 10.9. The number of nitrogens with zero attached hydrogens (tertiary/aromatic N) is 2. The van der Waals surface area contributed by atoms with Crippen molar-refractivity contribution in [2.24, 2.45) is 0 Å². The summed E-state index contributed by atoms with van der Waals surface area (Å²) in [5.41, 5.74) is 1.61. The smallest absolute Gasteiger partial charge is 0.306 e. The van der Waals surface area contributed by atoms with E-state index in [4.69, 9.17) is 8.37 Å². The van der Waals surface area contributed by atoms with Crippen LogP contribution in [0.15, 0.2) is 73.1 Å². The minimum atomic E-state index is -3.47. The Morgan fingerprint density at radius 2 is 1.03 bits per heavy atom. The van der Waals surface area contributed by atoms with E-state index in [2.05, 4.69) is 9.97 Å². The number of pyridine rings is 2. The van der Waals surface area contributed by atoms with Crippen LogP contribution in [0.1, 0.15) is 0 Å². The van der Waals surface area contributed by atoms with Crippen LogP contribution in [0.2, 0.25) is 0 Å². The number of rotatable bonds is 4. The van der Waals surface area contributed by atoms with E-state index in [1.807, 2.05) is 12.1 Å². The lowest BCUT2D eigenvalue weighted by molar-refractivity contribution is 0.491. The van der Waals surface area contributed by atoms with Crippen molar-refractivity contribution in [1.82, 2.24) is 9.97 Å². The third-order valence-corrected chi connectivity index (χ3v) is 4.63. The van der Waals surface area contributed by atoms with Gasteiger partial charge in [0.05, 0.1) is 23.5 Å². The van der Waals surface area contributed by atoms with Gasteiger partial charge in [-0.1, -0.05) is 12.1 Å². The number of aromatic nitrogens is 2. The van der Waals surface area contributed by atoms with Crippen LogP contribution in [0.25, 0.3) is 21.8 Å². The zero-order chi connectivity index (χ0) is 21.8. The molecule has 0 aliphatic carbocycles. The molecule has 0 amide bonds. The summed E-state index contributed by atoms with van der Waals surface area (Å²) in [5.74, 6) is 0.607. The summed E-state index contributed by atoms with van der Waals surface area (Å²) in [5, 5.41) is 1.69. The molecule has 10 heteroatoms. The van der Waals surface area contributed by atoms with Gasteiger partial charge in [-0.3, -0.25) is 9.97 Å². The summed E-state index contributed by atoms with van der Waals surface area (Å²) in [6, 6.07) is 17.1. The second-order valence-electron chi connectivity index (χ2n) is 6.29. The van der Waals surface area contributed by atoms with Crippen molar-refractivity contribution in [1.29, 1.82) is 0 Å². The molecule has 30 heavy (non-hydrogen) atoms. The van der Waals surface area contributed by atoms with Crippen molar-refractivity contribution in [2.45, 2.75) is 0 Å². The highest BCUT2D eigenvalue weighted by Gasteiger charge is 2.05. The number of hydrogen-bond donors (Lipinski definition) is 0. The van der Waals surface area contributed by atoms with Crippen molar-refractivity contribution in [3.8, 4) is 11.5 Å². The maximum Gasteiger partial charge on any atom is 0.306 e. The van der Waals surface area contributed by atoms with Crippen LogP contribution in [0.4, 0.5) is 0 Å². The molecule has 2 aromatic carbocycles. The monoisotopic (exact) mass is 446 g/mol. The Morgan fingerprint density at radius 3 is 1.40 bits per heavy atom. The van der Waals surface area contributed by atoms with Crippen LogP contribution < -0.4 is 8.37 Å². The van der Waals surface area contributed by atoms with Crippen molar-refractivity contribution >= 4 is 42.0 Å². The normalized spacial score (nSPS) is 11.5. The molecule has 0 fully saturated rings. The molecule has 2 aromatic heterocycles. The molecule has 2 heterocycles. The minimum absolute atomic E-state index is 0.304. The summed E-state index contributed by atoms with van der Waals surface area (Å²) in [4.78, 5) is 8.23. The molecule has 0 aliphatic rings. The lowest BCUT2D eigenvalue weighted by atomic mass is 10.2. The lowest BCUT2D eigenvalue weighted by Crippen LogP contribution is -2.05. The number of fused-ring (bicyclic) bond motifs is 2. The van der Waals surface area contributed by atoms with Crippen molar-refractivity contribution < 1.29 is 25.2 Å². The van der Waals surface area contributed by atoms with Gasteiger partial charge in [-0.2, -0.15) is 16.8 Å². The standard InChI is InChI=1S/2C10H9NO3S/c2*1-15(12,13)14-9-4-5-10-8(7-9)3-2-6-11-10/h2*2-7H,1H3. The molecular formula is C20H18N2O6S2. The molecule has 0 saturated heterocycles. The highest BCUT2D eigenvalue weighted by Crippen LogP contribution is 2.20. The average molecular weight is 447 g/mol. The number of benzene rings is 2. The van der Waals surface area contributed by atoms with E-state index in [1.165, 1.54) is 0 Å². The first-order valence-corrected chi connectivity index (χ1v) is 12.2. The highest BCUT2D eigenvalue weighted by molar-refractivity contribution is 7.86. The van der Waals surface area contributed by atoms with Crippen LogP contribution in [0.3, 0.4) is 0 Å². The largest absolute Gasteiger partial charge is 0.383 e. The highest BCUT2D eigenvalue weighted by atomic mass is 32.2. The molecule has 0 bridgehead atoms. The van der Waals surface area contributed by atoms with Crippen LogP contribution in [-0.2, 0) is 20.2 Å². The van der Waals surface area contributed by atoms with Gasteiger partial charge in [-0.25, -0.2) is 0 Å². The fourth-order valence-electron chi connectivity index (χ4n) is 2.56. The van der Waals surface area contributed by atoms with Crippen molar-refractivity contribution in [3.05, 3.63) is 73.1 Å². The quantitative estimate of drug-likeness (QED) is 0.440. The van der Waals surface area contributed by atoms with Gasteiger partial charge >= 0.3 is 20.2 Å².